The monoisotopic (exact) mass is 275 g/mol. The summed E-state index contributed by atoms with van der Waals surface area (Å²) >= 11 is 5.29. The predicted molar refractivity (Wildman–Crippen MR) is 62.5 cm³/mol. The molecule has 0 saturated carbocycles. The molecule has 1 aromatic rings. The Bertz CT molecular complexity index is 324. The molecule has 14 heavy (non-hydrogen) atoms. The summed E-state index contributed by atoms with van der Waals surface area (Å²) in [5.74, 6) is 0. The number of nitrogens with zero attached hydrogens (tertiary/aromatic N) is 1. The molecule has 1 fully saturated rings. The number of thiophene rings is 1. The number of hydrogen-bond acceptors (Lipinski definition) is 3. The summed E-state index contributed by atoms with van der Waals surface area (Å²) in [5.41, 5.74) is -0.482. The molecule has 2 heterocycles. The minimum atomic E-state index is -0.482. The molecule has 0 aromatic carbocycles. The van der Waals surface area contributed by atoms with Crippen LogP contribution in [0.4, 0.5) is 0 Å². The van der Waals surface area contributed by atoms with Crippen molar-refractivity contribution in [2.75, 3.05) is 13.1 Å². The van der Waals surface area contributed by atoms with Gasteiger partial charge >= 0.3 is 0 Å². The molecule has 1 aliphatic rings. The van der Waals surface area contributed by atoms with E-state index in [1.807, 2.05) is 6.92 Å². The van der Waals surface area contributed by atoms with Crippen LogP contribution in [0.1, 0.15) is 18.2 Å². The lowest BCUT2D eigenvalue weighted by Gasteiger charge is -2.18. The Morgan fingerprint density at radius 2 is 2.50 bits per heavy atom. The van der Waals surface area contributed by atoms with Gasteiger partial charge in [-0.3, -0.25) is 4.90 Å². The standard InChI is InChI=1S/C10H14BrNOS/c1-10(13)3-4-12(7-10)6-9-8(11)2-5-14-9/h2,5,13H,3-4,6-7H2,1H3. The number of rotatable bonds is 2. The average Bonchev–Trinajstić information content (AvgIpc) is 2.61. The molecule has 1 unspecified atom stereocenters. The summed E-state index contributed by atoms with van der Waals surface area (Å²) in [6.07, 6.45) is 0.885. The van der Waals surface area contributed by atoms with Gasteiger partial charge in [-0.25, -0.2) is 0 Å². The SMILES string of the molecule is CC1(O)CCN(Cc2sccc2Br)C1. The highest BCUT2D eigenvalue weighted by Gasteiger charge is 2.31. The van der Waals surface area contributed by atoms with Gasteiger partial charge < -0.3 is 5.11 Å². The molecule has 0 aliphatic carbocycles. The maximum Gasteiger partial charge on any atom is 0.0758 e. The van der Waals surface area contributed by atoms with E-state index in [2.05, 4.69) is 32.3 Å². The predicted octanol–water partition coefficient (Wildman–Crippen LogP) is 2.47. The zero-order valence-electron chi connectivity index (χ0n) is 8.16. The second-order valence-corrected chi connectivity index (χ2v) is 6.00. The molecule has 0 bridgehead atoms. The second kappa shape index (κ2) is 3.93. The molecule has 1 aromatic heterocycles. The third-order valence-corrected chi connectivity index (χ3v) is 4.50. The first-order valence-corrected chi connectivity index (χ1v) is 6.41. The van der Waals surface area contributed by atoms with Gasteiger partial charge in [-0.15, -0.1) is 11.3 Å². The molecule has 2 rings (SSSR count). The topological polar surface area (TPSA) is 23.5 Å². The number of β-amino-alcohol motifs (C(OH)–C–C–N with tert-alkyl or cyclic N) is 1. The first kappa shape index (κ1) is 10.6. The van der Waals surface area contributed by atoms with Crippen molar-refractivity contribution in [3.05, 3.63) is 20.8 Å². The maximum atomic E-state index is 9.81. The minimum absolute atomic E-state index is 0.482. The molecular formula is C10H14BrNOS. The molecule has 1 aliphatic heterocycles. The van der Waals surface area contributed by atoms with Crippen LogP contribution in [0.3, 0.4) is 0 Å². The van der Waals surface area contributed by atoms with Crippen molar-refractivity contribution in [3.8, 4) is 0 Å². The minimum Gasteiger partial charge on any atom is -0.389 e. The summed E-state index contributed by atoms with van der Waals surface area (Å²) in [7, 11) is 0. The van der Waals surface area contributed by atoms with E-state index in [1.54, 1.807) is 11.3 Å². The van der Waals surface area contributed by atoms with Crippen LogP contribution in [0, 0.1) is 0 Å². The Balaban J connectivity index is 1.97. The lowest BCUT2D eigenvalue weighted by molar-refractivity contribution is 0.0680. The molecule has 2 nitrogen and oxygen atoms in total. The average molecular weight is 276 g/mol. The van der Waals surface area contributed by atoms with Crippen molar-refractivity contribution in [2.24, 2.45) is 0 Å². The smallest absolute Gasteiger partial charge is 0.0758 e. The fraction of sp³-hybridized carbons (Fsp3) is 0.600. The van der Waals surface area contributed by atoms with Crippen LogP contribution in [-0.4, -0.2) is 28.7 Å². The van der Waals surface area contributed by atoms with Crippen LogP contribution in [0.15, 0.2) is 15.9 Å². The molecule has 0 radical (unpaired) electrons. The number of hydrogen-bond donors (Lipinski definition) is 1. The highest BCUT2D eigenvalue weighted by molar-refractivity contribution is 9.10. The van der Waals surface area contributed by atoms with Gasteiger partial charge in [-0.1, -0.05) is 0 Å². The van der Waals surface area contributed by atoms with Gasteiger partial charge in [0, 0.05) is 29.0 Å². The normalized spacial score (nSPS) is 28.5. The van der Waals surface area contributed by atoms with E-state index >= 15 is 0 Å². The molecular weight excluding hydrogens is 262 g/mol. The van der Waals surface area contributed by atoms with Gasteiger partial charge in [0.25, 0.3) is 0 Å². The van der Waals surface area contributed by atoms with Crippen LogP contribution >= 0.6 is 27.3 Å². The summed E-state index contributed by atoms with van der Waals surface area (Å²) in [4.78, 5) is 3.65. The third-order valence-electron chi connectivity index (χ3n) is 2.59. The van der Waals surface area contributed by atoms with E-state index in [0.29, 0.717) is 0 Å². The van der Waals surface area contributed by atoms with E-state index in [0.717, 1.165) is 26.1 Å². The van der Waals surface area contributed by atoms with Crippen molar-refractivity contribution in [1.29, 1.82) is 0 Å². The Kier molecular flexibility index (Phi) is 2.98. The Morgan fingerprint density at radius 3 is 3.00 bits per heavy atom. The van der Waals surface area contributed by atoms with Gasteiger partial charge in [0.1, 0.15) is 0 Å². The summed E-state index contributed by atoms with van der Waals surface area (Å²) in [5, 5.41) is 11.9. The van der Waals surface area contributed by atoms with E-state index in [-0.39, 0.29) is 0 Å². The van der Waals surface area contributed by atoms with Crippen molar-refractivity contribution < 1.29 is 5.11 Å². The Hall–Kier alpha value is 0.100. The van der Waals surface area contributed by atoms with Crippen LogP contribution in [-0.2, 0) is 6.54 Å². The molecule has 1 atom stereocenters. The van der Waals surface area contributed by atoms with Crippen molar-refractivity contribution >= 4 is 27.3 Å². The van der Waals surface area contributed by atoms with Crippen molar-refractivity contribution in [2.45, 2.75) is 25.5 Å². The van der Waals surface area contributed by atoms with Gasteiger partial charge in [0.2, 0.25) is 0 Å². The van der Waals surface area contributed by atoms with Gasteiger partial charge in [0.05, 0.1) is 5.60 Å². The second-order valence-electron chi connectivity index (χ2n) is 4.15. The highest BCUT2D eigenvalue weighted by atomic mass is 79.9. The first-order chi connectivity index (χ1) is 6.57. The summed E-state index contributed by atoms with van der Waals surface area (Å²) < 4.78 is 1.19. The van der Waals surface area contributed by atoms with Crippen LogP contribution in [0.2, 0.25) is 0 Å². The Morgan fingerprint density at radius 1 is 1.71 bits per heavy atom. The van der Waals surface area contributed by atoms with Gasteiger partial charge in [-0.2, -0.15) is 0 Å². The van der Waals surface area contributed by atoms with Crippen LogP contribution in [0.25, 0.3) is 0 Å². The number of likely N-dealkylation sites (tertiary alicyclic amines) is 1. The van der Waals surface area contributed by atoms with Gasteiger partial charge in [-0.05, 0) is 40.7 Å². The summed E-state index contributed by atoms with van der Waals surface area (Å²) in [6, 6.07) is 2.08. The number of aliphatic hydroxyl groups is 1. The van der Waals surface area contributed by atoms with E-state index in [4.69, 9.17) is 0 Å². The zero-order chi connectivity index (χ0) is 10.2. The van der Waals surface area contributed by atoms with Crippen LogP contribution in [0.5, 0.6) is 0 Å². The maximum absolute atomic E-state index is 9.81. The first-order valence-electron chi connectivity index (χ1n) is 4.73. The number of halogens is 1. The molecule has 1 saturated heterocycles. The van der Waals surface area contributed by atoms with E-state index in [1.165, 1.54) is 9.35 Å². The molecule has 4 heteroatoms. The van der Waals surface area contributed by atoms with Gasteiger partial charge in [0.15, 0.2) is 0 Å². The fourth-order valence-electron chi connectivity index (χ4n) is 1.81. The quantitative estimate of drug-likeness (QED) is 0.897. The van der Waals surface area contributed by atoms with E-state index < -0.39 is 5.60 Å². The largest absolute Gasteiger partial charge is 0.389 e. The lowest BCUT2D eigenvalue weighted by Crippen LogP contribution is -2.29. The molecule has 0 amide bonds. The molecule has 0 spiro atoms. The lowest BCUT2D eigenvalue weighted by atomic mass is 10.1. The highest BCUT2D eigenvalue weighted by Crippen LogP contribution is 2.27. The molecule has 78 valence electrons. The summed E-state index contributed by atoms with van der Waals surface area (Å²) in [6.45, 7) is 4.65. The Labute approximate surface area is 96.7 Å². The van der Waals surface area contributed by atoms with Crippen molar-refractivity contribution in [1.82, 2.24) is 4.90 Å². The van der Waals surface area contributed by atoms with E-state index in [9.17, 15) is 5.11 Å². The molecule has 1 N–H and O–H groups in total. The fourth-order valence-corrected chi connectivity index (χ4v) is 3.33. The van der Waals surface area contributed by atoms with Crippen LogP contribution < -0.4 is 0 Å². The zero-order valence-corrected chi connectivity index (χ0v) is 10.6. The third kappa shape index (κ3) is 2.37. The van der Waals surface area contributed by atoms with Crippen molar-refractivity contribution in [3.63, 3.8) is 0 Å².